The van der Waals surface area contributed by atoms with Crippen molar-refractivity contribution in [1.29, 1.82) is 0 Å². The topological polar surface area (TPSA) is 80.0 Å². The maximum Gasteiger partial charge on any atom is 0.303 e. The third-order valence-electron chi connectivity index (χ3n) is 6.37. The second kappa shape index (κ2) is 11.7. The van der Waals surface area contributed by atoms with Crippen LogP contribution in [0.5, 0.6) is 5.75 Å². The van der Waals surface area contributed by atoms with Gasteiger partial charge in [0.2, 0.25) is 0 Å². The van der Waals surface area contributed by atoms with E-state index >= 15 is 0 Å². The molecule has 1 atom stereocenters. The predicted octanol–water partition coefficient (Wildman–Crippen LogP) is 6.41. The SMILES string of the molecule is [2H]C(C)(C1CC1)N(Cc1ccccc1OCCCCCC(=O)O)C(=O)c1ccc(-c2ccco2)cc1. The van der Waals surface area contributed by atoms with Gasteiger partial charge in [-0.25, -0.2) is 0 Å². The van der Waals surface area contributed by atoms with E-state index in [4.69, 9.17) is 15.6 Å². The van der Waals surface area contributed by atoms with Gasteiger partial charge >= 0.3 is 5.97 Å². The van der Waals surface area contributed by atoms with Crippen molar-refractivity contribution in [3.63, 3.8) is 0 Å². The molecule has 1 aromatic heterocycles. The van der Waals surface area contributed by atoms with Gasteiger partial charge in [0.15, 0.2) is 0 Å². The summed E-state index contributed by atoms with van der Waals surface area (Å²) in [5, 5.41) is 8.78. The highest BCUT2D eigenvalue weighted by Crippen LogP contribution is 2.37. The minimum Gasteiger partial charge on any atom is -0.493 e. The Morgan fingerprint density at radius 3 is 2.54 bits per heavy atom. The van der Waals surface area contributed by atoms with Crippen LogP contribution in [-0.2, 0) is 11.3 Å². The van der Waals surface area contributed by atoms with Gasteiger partial charge in [0.05, 0.1) is 14.2 Å². The summed E-state index contributed by atoms with van der Waals surface area (Å²) in [5.74, 6) is 0.604. The molecule has 1 aliphatic rings. The van der Waals surface area contributed by atoms with Crippen LogP contribution in [0, 0.1) is 5.92 Å². The predicted molar refractivity (Wildman–Crippen MR) is 134 cm³/mol. The molecule has 184 valence electrons. The van der Waals surface area contributed by atoms with Gasteiger partial charge in [-0.05, 0) is 75.3 Å². The van der Waals surface area contributed by atoms with Crippen molar-refractivity contribution in [2.24, 2.45) is 5.92 Å². The Morgan fingerprint density at radius 1 is 1.09 bits per heavy atom. The number of furan rings is 1. The molecule has 35 heavy (non-hydrogen) atoms. The van der Waals surface area contributed by atoms with E-state index < -0.39 is 12.0 Å². The molecule has 0 radical (unpaired) electrons. The molecule has 1 heterocycles. The van der Waals surface area contributed by atoms with Crippen LogP contribution in [0.1, 0.15) is 62.7 Å². The van der Waals surface area contributed by atoms with Crippen LogP contribution in [0.3, 0.4) is 0 Å². The van der Waals surface area contributed by atoms with Crippen molar-refractivity contribution in [3.8, 4) is 17.1 Å². The van der Waals surface area contributed by atoms with Crippen LogP contribution in [0.4, 0.5) is 0 Å². The number of carbonyl (C=O) groups excluding carboxylic acids is 1. The van der Waals surface area contributed by atoms with Crippen LogP contribution in [-0.4, -0.2) is 34.5 Å². The zero-order chi connectivity index (χ0) is 25.5. The zero-order valence-corrected chi connectivity index (χ0v) is 20.1. The van der Waals surface area contributed by atoms with Crippen molar-refractivity contribution >= 4 is 11.9 Å². The highest BCUT2D eigenvalue weighted by molar-refractivity contribution is 5.95. The lowest BCUT2D eigenvalue weighted by Gasteiger charge is -2.30. The minimum atomic E-state index is -1.04. The summed E-state index contributed by atoms with van der Waals surface area (Å²) in [6.07, 6.45) is 5.82. The first-order valence-electron chi connectivity index (χ1n) is 12.7. The molecule has 0 saturated heterocycles. The number of aliphatic carboxylic acids is 1. The van der Waals surface area contributed by atoms with Crippen molar-refractivity contribution in [2.45, 2.75) is 58.0 Å². The summed E-state index contributed by atoms with van der Waals surface area (Å²) in [5.41, 5.74) is 2.27. The Morgan fingerprint density at radius 2 is 1.86 bits per heavy atom. The van der Waals surface area contributed by atoms with Crippen LogP contribution in [0.15, 0.2) is 71.3 Å². The summed E-state index contributed by atoms with van der Waals surface area (Å²) in [7, 11) is 0. The average molecular weight is 477 g/mol. The van der Waals surface area contributed by atoms with E-state index in [0.717, 1.165) is 42.6 Å². The Kier molecular flexibility index (Phi) is 7.78. The smallest absolute Gasteiger partial charge is 0.303 e. The number of carbonyl (C=O) groups is 2. The summed E-state index contributed by atoms with van der Waals surface area (Å²) in [6.45, 7) is 2.57. The first-order chi connectivity index (χ1) is 17.4. The van der Waals surface area contributed by atoms with Gasteiger partial charge in [0, 0.05) is 35.7 Å². The largest absolute Gasteiger partial charge is 0.493 e. The van der Waals surface area contributed by atoms with Gasteiger partial charge in [0.25, 0.3) is 5.91 Å². The summed E-state index contributed by atoms with van der Waals surface area (Å²) < 4.78 is 20.6. The Labute approximate surface area is 207 Å². The number of hydrogen-bond donors (Lipinski definition) is 1. The van der Waals surface area contributed by atoms with Gasteiger partial charge in [-0.2, -0.15) is 0 Å². The second-order valence-electron chi connectivity index (χ2n) is 9.02. The number of amides is 1. The third-order valence-corrected chi connectivity index (χ3v) is 6.37. The Bertz CT molecular complexity index is 1150. The number of hydrogen-bond acceptors (Lipinski definition) is 4. The van der Waals surface area contributed by atoms with Gasteiger partial charge < -0.3 is 19.2 Å². The number of rotatable bonds is 13. The first kappa shape index (κ1) is 23.2. The molecule has 3 aromatic rings. The van der Waals surface area contributed by atoms with Gasteiger partial charge in [-0.15, -0.1) is 0 Å². The van der Waals surface area contributed by atoms with Crippen molar-refractivity contribution in [2.75, 3.05) is 6.61 Å². The molecule has 0 aliphatic heterocycles. The molecule has 1 unspecified atom stereocenters. The highest BCUT2D eigenvalue weighted by Gasteiger charge is 2.35. The maximum absolute atomic E-state index is 13.7. The van der Waals surface area contributed by atoms with E-state index in [1.807, 2.05) is 55.5 Å². The van der Waals surface area contributed by atoms with E-state index in [1.165, 1.54) is 0 Å². The van der Waals surface area contributed by atoms with Crippen molar-refractivity contribution in [3.05, 3.63) is 78.1 Å². The Hall–Kier alpha value is -3.54. The van der Waals surface area contributed by atoms with Gasteiger partial charge in [-0.3, -0.25) is 9.59 Å². The molecule has 1 aliphatic carbocycles. The van der Waals surface area contributed by atoms with E-state index in [0.29, 0.717) is 24.3 Å². The standard InChI is InChI=1S/C29H33NO5/c1-21(22-12-13-22)30(29(33)24-16-14-23(15-17-24)26-10-7-19-35-26)20-25-8-4-5-9-27(25)34-18-6-2-3-11-28(31)32/h4-5,7-10,14-17,19,21-22H,2-3,6,11-13,18,20H2,1H3,(H,31,32)/i21D. The molecule has 1 saturated carbocycles. The van der Waals surface area contributed by atoms with E-state index in [1.54, 1.807) is 23.3 Å². The number of carboxylic acids is 1. The lowest BCUT2D eigenvalue weighted by molar-refractivity contribution is -0.137. The molecule has 0 spiro atoms. The number of carboxylic acid groups (broad SMARTS) is 1. The van der Waals surface area contributed by atoms with Crippen molar-refractivity contribution < 1.29 is 25.2 Å². The average Bonchev–Trinajstić information content (AvgIpc) is 3.60. The third kappa shape index (κ3) is 6.75. The number of unbranched alkanes of at least 4 members (excludes halogenated alkanes) is 2. The maximum atomic E-state index is 13.7. The molecule has 6 heteroatoms. The fourth-order valence-electron chi connectivity index (χ4n) is 4.14. The Balaban J connectivity index is 1.49. The molecule has 4 rings (SSSR count). The number of para-hydroxylation sites is 1. The van der Waals surface area contributed by atoms with Crippen LogP contribution in [0.2, 0.25) is 0 Å². The fraction of sp³-hybridized carbons (Fsp3) is 0.379. The summed E-state index contributed by atoms with van der Waals surface area (Å²) in [6, 6.07) is 17.6. The van der Waals surface area contributed by atoms with Crippen LogP contribution >= 0.6 is 0 Å². The van der Waals surface area contributed by atoms with Gasteiger partial charge in [0.1, 0.15) is 11.5 Å². The van der Waals surface area contributed by atoms with Crippen molar-refractivity contribution in [1.82, 2.24) is 4.90 Å². The number of benzene rings is 2. The molecule has 1 fully saturated rings. The summed E-state index contributed by atoms with van der Waals surface area (Å²) >= 11 is 0. The van der Waals surface area contributed by atoms with E-state index in [9.17, 15) is 9.59 Å². The quantitative estimate of drug-likeness (QED) is 0.288. The zero-order valence-electron chi connectivity index (χ0n) is 21.1. The number of ether oxygens (including phenoxy) is 1. The monoisotopic (exact) mass is 476 g/mol. The normalized spacial score (nSPS) is 15.2. The first-order valence-corrected chi connectivity index (χ1v) is 12.2. The number of nitrogens with zero attached hydrogens (tertiary/aromatic N) is 1. The van der Waals surface area contributed by atoms with Crippen LogP contribution in [0.25, 0.3) is 11.3 Å². The lowest BCUT2D eigenvalue weighted by Crippen LogP contribution is -2.39. The molecule has 2 aromatic carbocycles. The van der Waals surface area contributed by atoms with E-state index in [2.05, 4.69) is 0 Å². The molecular formula is C29H33NO5. The van der Waals surface area contributed by atoms with E-state index in [-0.39, 0.29) is 24.8 Å². The molecule has 1 N–H and O–H groups in total. The fourth-order valence-corrected chi connectivity index (χ4v) is 4.14. The molecule has 6 nitrogen and oxygen atoms in total. The lowest BCUT2D eigenvalue weighted by atomic mass is 10.1. The summed E-state index contributed by atoms with van der Waals surface area (Å²) in [4.78, 5) is 26.1. The van der Waals surface area contributed by atoms with Crippen LogP contribution < -0.4 is 4.74 Å². The second-order valence-corrected chi connectivity index (χ2v) is 9.02. The van der Waals surface area contributed by atoms with Gasteiger partial charge in [-0.1, -0.05) is 30.3 Å². The highest BCUT2D eigenvalue weighted by atomic mass is 16.5. The molecular weight excluding hydrogens is 442 g/mol. The molecule has 0 bridgehead atoms. The molecule has 1 amide bonds. The minimum absolute atomic E-state index is 0.145.